The standard InChI is InChI=1S/C14H11N3O2/c18-17(19)12-9-10-3-1-5-15-7-8-16-6-2-4-11(12)14(16)13(10)15/h1-6,9H,7-8H2. The first kappa shape index (κ1) is 10.4. The van der Waals surface area contributed by atoms with E-state index in [4.69, 9.17) is 0 Å². The van der Waals surface area contributed by atoms with Gasteiger partial charge < -0.3 is 9.80 Å². The van der Waals surface area contributed by atoms with E-state index >= 15 is 0 Å². The summed E-state index contributed by atoms with van der Waals surface area (Å²) in [7, 11) is 0. The van der Waals surface area contributed by atoms with E-state index in [9.17, 15) is 10.1 Å². The molecule has 0 aliphatic carbocycles. The van der Waals surface area contributed by atoms with Crippen LogP contribution in [0.2, 0.25) is 0 Å². The third kappa shape index (κ3) is 1.29. The molecule has 19 heavy (non-hydrogen) atoms. The minimum atomic E-state index is -0.301. The van der Waals surface area contributed by atoms with Crippen molar-refractivity contribution in [3.63, 3.8) is 0 Å². The second kappa shape index (κ2) is 3.47. The monoisotopic (exact) mass is 253 g/mol. The Hall–Kier alpha value is -2.56. The first-order valence-electron chi connectivity index (χ1n) is 6.17. The van der Waals surface area contributed by atoms with Gasteiger partial charge in [0.2, 0.25) is 0 Å². The van der Waals surface area contributed by atoms with Gasteiger partial charge in [-0.25, -0.2) is 0 Å². The van der Waals surface area contributed by atoms with Crippen LogP contribution in [0.1, 0.15) is 0 Å². The van der Waals surface area contributed by atoms with Crippen LogP contribution in [-0.4, -0.2) is 18.0 Å². The molecule has 4 rings (SSSR count). The number of hydrogen-bond acceptors (Lipinski definition) is 4. The summed E-state index contributed by atoms with van der Waals surface area (Å²) < 4.78 is 0. The number of non-ortho nitro benzene ring substituents is 1. The number of rotatable bonds is 1. The smallest absolute Gasteiger partial charge is 0.279 e. The van der Waals surface area contributed by atoms with Crippen LogP contribution >= 0.6 is 0 Å². The summed E-state index contributed by atoms with van der Waals surface area (Å²) >= 11 is 0. The Morgan fingerprint density at radius 3 is 2.47 bits per heavy atom. The van der Waals surface area contributed by atoms with E-state index in [0.29, 0.717) is 5.22 Å². The largest absolute Gasteiger partial charge is 0.344 e. The maximum Gasteiger partial charge on any atom is 0.279 e. The lowest BCUT2D eigenvalue weighted by Crippen LogP contribution is -2.44. The van der Waals surface area contributed by atoms with Gasteiger partial charge in [0.1, 0.15) is 0 Å². The molecule has 0 saturated heterocycles. The van der Waals surface area contributed by atoms with Crippen LogP contribution in [0.3, 0.4) is 0 Å². The summed E-state index contributed by atoms with van der Waals surface area (Å²) in [6.07, 6.45) is 11.6. The zero-order valence-electron chi connectivity index (χ0n) is 10.1. The van der Waals surface area contributed by atoms with E-state index in [-0.39, 0.29) is 10.6 Å². The van der Waals surface area contributed by atoms with Gasteiger partial charge in [0, 0.05) is 36.8 Å². The van der Waals surface area contributed by atoms with Gasteiger partial charge in [-0.15, -0.1) is 0 Å². The minimum Gasteiger partial charge on any atom is -0.344 e. The van der Waals surface area contributed by atoms with Gasteiger partial charge in [0.15, 0.2) is 0 Å². The Labute approximate surface area is 109 Å². The molecule has 3 aliphatic heterocycles. The second-order valence-electron chi connectivity index (χ2n) is 4.76. The van der Waals surface area contributed by atoms with Crippen molar-refractivity contribution in [2.24, 2.45) is 0 Å². The SMILES string of the molecule is O=[N+]([O-])c1cc2c3c4c1=CC=CN4CCN3C=CC=2. The molecular formula is C14H11N3O2. The zero-order valence-corrected chi connectivity index (χ0v) is 10.1. The van der Waals surface area contributed by atoms with Crippen molar-refractivity contribution in [1.82, 2.24) is 0 Å². The van der Waals surface area contributed by atoms with Crippen molar-refractivity contribution in [2.75, 3.05) is 22.9 Å². The highest BCUT2D eigenvalue weighted by atomic mass is 16.6. The highest BCUT2D eigenvalue weighted by molar-refractivity contribution is 5.84. The highest BCUT2D eigenvalue weighted by Gasteiger charge is 2.28. The van der Waals surface area contributed by atoms with Gasteiger partial charge in [0.05, 0.1) is 21.5 Å². The minimum absolute atomic E-state index is 0.177. The predicted molar refractivity (Wildman–Crippen MR) is 74.2 cm³/mol. The van der Waals surface area contributed by atoms with Crippen molar-refractivity contribution < 1.29 is 4.92 Å². The van der Waals surface area contributed by atoms with E-state index in [0.717, 1.165) is 29.7 Å². The van der Waals surface area contributed by atoms with Gasteiger partial charge in [-0.3, -0.25) is 10.1 Å². The molecule has 1 aromatic carbocycles. The molecular weight excluding hydrogens is 242 g/mol. The van der Waals surface area contributed by atoms with Gasteiger partial charge >= 0.3 is 0 Å². The number of benzene rings is 1. The third-order valence-corrected chi connectivity index (χ3v) is 3.74. The first-order valence-corrected chi connectivity index (χ1v) is 6.17. The summed E-state index contributed by atoms with van der Waals surface area (Å²) in [6.45, 7) is 1.74. The molecule has 5 nitrogen and oxygen atoms in total. The van der Waals surface area contributed by atoms with Crippen molar-refractivity contribution in [3.8, 4) is 0 Å². The lowest BCUT2D eigenvalue weighted by Gasteiger charge is -2.37. The number of hydrogen-bond donors (Lipinski definition) is 0. The Balaban J connectivity index is 2.19. The zero-order chi connectivity index (χ0) is 13.0. The molecule has 5 heteroatoms. The summed E-state index contributed by atoms with van der Waals surface area (Å²) in [5.41, 5.74) is 2.21. The lowest BCUT2D eigenvalue weighted by atomic mass is 10.0. The average Bonchev–Trinajstić information content (AvgIpc) is 2.44. The molecule has 0 unspecified atom stereocenters. The number of anilines is 2. The fourth-order valence-electron chi connectivity index (χ4n) is 2.94. The molecule has 0 amide bonds. The molecule has 0 radical (unpaired) electrons. The Morgan fingerprint density at radius 1 is 1.05 bits per heavy atom. The van der Waals surface area contributed by atoms with Gasteiger partial charge in [-0.1, -0.05) is 6.08 Å². The summed E-state index contributed by atoms with van der Waals surface area (Å²) in [4.78, 5) is 15.2. The van der Waals surface area contributed by atoms with E-state index in [1.54, 1.807) is 6.07 Å². The first-order chi connectivity index (χ1) is 9.25. The Kier molecular flexibility index (Phi) is 1.90. The van der Waals surface area contributed by atoms with Crippen molar-refractivity contribution in [2.45, 2.75) is 0 Å². The van der Waals surface area contributed by atoms with Crippen LogP contribution in [0.5, 0.6) is 0 Å². The molecule has 0 saturated carbocycles. The van der Waals surface area contributed by atoms with Crippen LogP contribution < -0.4 is 20.2 Å². The summed E-state index contributed by atoms with van der Waals surface area (Å²) in [6, 6.07) is 1.67. The van der Waals surface area contributed by atoms with E-state index in [2.05, 4.69) is 9.80 Å². The van der Waals surface area contributed by atoms with Crippen LogP contribution in [-0.2, 0) is 0 Å². The summed E-state index contributed by atoms with van der Waals surface area (Å²) in [5.74, 6) is 0. The fourth-order valence-corrected chi connectivity index (χ4v) is 2.94. The maximum absolute atomic E-state index is 11.3. The van der Waals surface area contributed by atoms with Gasteiger partial charge in [-0.2, -0.15) is 0 Å². The number of nitro groups is 1. The molecule has 0 fully saturated rings. The maximum atomic E-state index is 11.3. The lowest BCUT2D eigenvalue weighted by molar-refractivity contribution is -0.385. The normalized spacial score (nSPS) is 17.7. The second-order valence-corrected chi connectivity index (χ2v) is 4.76. The Bertz CT molecular complexity index is 777. The molecule has 3 heterocycles. The van der Waals surface area contributed by atoms with Crippen molar-refractivity contribution in [3.05, 3.63) is 51.2 Å². The van der Waals surface area contributed by atoms with E-state index < -0.39 is 0 Å². The van der Waals surface area contributed by atoms with Crippen molar-refractivity contribution >= 4 is 29.2 Å². The summed E-state index contributed by atoms with van der Waals surface area (Å²) in [5, 5.41) is 12.9. The van der Waals surface area contributed by atoms with Gasteiger partial charge in [0.25, 0.3) is 5.69 Å². The predicted octanol–water partition coefficient (Wildman–Crippen LogP) is 0.837. The number of allylic oxidation sites excluding steroid dienone is 2. The quantitative estimate of drug-likeness (QED) is 0.549. The Morgan fingerprint density at radius 2 is 1.74 bits per heavy atom. The van der Waals surface area contributed by atoms with Gasteiger partial charge in [-0.05, 0) is 18.2 Å². The molecule has 1 aromatic rings. The van der Waals surface area contributed by atoms with E-state index in [1.807, 2.05) is 36.7 Å². The average molecular weight is 253 g/mol. The molecule has 0 atom stereocenters. The molecule has 0 bridgehead atoms. The molecule has 94 valence electrons. The van der Waals surface area contributed by atoms with E-state index in [1.165, 1.54) is 0 Å². The topological polar surface area (TPSA) is 49.6 Å². The van der Waals surface area contributed by atoms with Crippen LogP contribution in [0, 0.1) is 10.1 Å². The fraction of sp³-hybridized carbons (Fsp3) is 0.143. The van der Waals surface area contributed by atoms with Crippen LogP contribution in [0.15, 0.2) is 30.6 Å². The number of nitrogens with zero attached hydrogens (tertiary/aromatic N) is 3. The van der Waals surface area contributed by atoms with Crippen molar-refractivity contribution in [1.29, 1.82) is 0 Å². The van der Waals surface area contributed by atoms with Crippen LogP contribution in [0.25, 0.3) is 12.2 Å². The molecule has 0 aromatic heterocycles. The molecule has 0 spiro atoms. The molecule has 3 aliphatic rings. The van der Waals surface area contributed by atoms with Crippen LogP contribution in [0.4, 0.5) is 17.1 Å². The third-order valence-electron chi connectivity index (χ3n) is 3.74. The molecule has 0 N–H and O–H groups in total. The number of nitro benzene ring substituents is 1. The highest BCUT2D eigenvalue weighted by Crippen LogP contribution is 2.31.